The summed E-state index contributed by atoms with van der Waals surface area (Å²) >= 11 is 6.24. The van der Waals surface area contributed by atoms with Gasteiger partial charge in [0.25, 0.3) is 0 Å². The number of fused-ring (bicyclic) bond motifs is 1. The average Bonchev–Trinajstić information content (AvgIpc) is 2.83. The molecule has 1 unspecified atom stereocenters. The van der Waals surface area contributed by atoms with Crippen molar-refractivity contribution in [2.45, 2.75) is 51.6 Å². The number of hydrogen-bond donors (Lipinski definition) is 0. The maximum atomic E-state index is 11.4. The average molecular weight is 521 g/mol. The lowest BCUT2D eigenvalue weighted by molar-refractivity contribution is 0.0712. The Hall–Kier alpha value is -1.96. The maximum Gasteiger partial charge on any atom is 0.147 e. The van der Waals surface area contributed by atoms with E-state index in [4.69, 9.17) is 21.1 Å². The third kappa shape index (κ3) is 6.07. The number of benzene rings is 2. The van der Waals surface area contributed by atoms with Crippen molar-refractivity contribution in [2.75, 3.05) is 50.3 Å². The molecule has 2 aromatic carbocycles. The number of halogens is 1. The van der Waals surface area contributed by atoms with E-state index < -0.39 is 9.84 Å². The van der Waals surface area contributed by atoms with E-state index in [0.29, 0.717) is 30.1 Å². The van der Waals surface area contributed by atoms with Gasteiger partial charge < -0.3 is 14.4 Å². The number of piperazine rings is 1. The van der Waals surface area contributed by atoms with Crippen molar-refractivity contribution >= 4 is 27.1 Å². The second kappa shape index (κ2) is 11.0. The number of nitrogens with zero attached hydrogens (tertiary/aromatic N) is 2. The third-order valence-corrected chi connectivity index (χ3v) is 8.84. The summed E-state index contributed by atoms with van der Waals surface area (Å²) in [5, 5.41) is 0.640. The molecule has 2 aliphatic rings. The van der Waals surface area contributed by atoms with Gasteiger partial charge in [-0.25, -0.2) is 8.42 Å². The van der Waals surface area contributed by atoms with Crippen LogP contribution in [0.2, 0.25) is 5.02 Å². The first kappa shape index (κ1) is 26.1. The molecule has 8 heteroatoms. The lowest BCUT2D eigenvalue weighted by Gasteiger charge is -2.49. The highest BCUT2D eigenvalue weighted by molar-refractivity contribution is 7.90. The van der Waals surface area contributed by atoms with Crippen LogP contribution in [0.1, 0.15) is 48.4 Å². The predicted octanol–water partition coefficient (Wildman–Crippen LogP) is 5.19. The van der Waals surface area contributed by atoms with E-state index in [1.54, 1.807) is 7.11 Å². The highest BCUT2D eigenvalue weighted by Gasteiger charge is 2.36. The molecule has 6 nitrogen and oxygen atoms in total. The first-order valence-corrected chi connectivity index (χ1v) is 14.9. The van der Waals surface area contributed by atoms with Crippen LogP contribution in [0.3, 0.4) is 0 Å². The van der Waals surface area contributed by atoms with Gasteiger partial charge >= 0.3 is 0 Å². The second-order valence-electron chi connectivity index (χ2n) is 9.84. The third-order valence-electron chi connectivity index (χ3n) is 7.50. The molecule has 4 rings (SSSR count). The zero-order chi connectivity index (χ0) is 25.2. The molecule has 2 aliphatic heterocycles. The minimum absolute atomic E-state index is 0.154. The van der Waals surface area contributed by atoms with Crippen LogP contribution >= 0.6 is 11.6 Å². The van der Waals surface area contributed by atoms with Gasteiger partial charge in [-0.15, -0.1) is 0 Å². The summed E-state index contributed by atoms with van der Waals surface area (Å²) < 4.78 is 34.1. The van der Waals surface area contributed by atoms with Crippen molar-refractivity contribution in [3.8, 4) is 11.5 Å². The Morgan fingerprint density at radius 1 is 1.06 bits per heavy atom. The first-order chi connectivity index (χ1) is 16.7. The van der Waals surface area contributed by atoms with Gasteiger partial charge in [0, 0.05) is 49.7 Å². The number of sulfone groups is 1. The summed E-state index contributed by atoms with van der Waals surface area (Å²) in [6, 6.07) is 11.3. The smallest absolute Gasteiger partial charge is 0.147 e. The van der Waals surface area contributed by atoms with Crippen molar-refractivity contribution < 1.29 is 17.9 Å². The Morgan fingerprint density at radius 3 is 2.60 bits per heavy atom. The van der Waals surface area contributed by atoms with Gasteiger partial charge in [-0.05, 0) is 74.4 Å². The number of piperidine rings is 1. The molecule has 2 aromatic rings. The molecular weight excluding hydrogens is 484 g/mol. The van der Waals surface area contributed by atoms with Crippen LogP contribution in [0.15, 0.2) is 30.3 Å². The van der Waals surface area contributed by atoms with Gasteiger partial charge in [0.2, 0.25) is 0 Å². The monoisotopic (exact) mass is 520 g/mol. The zero-order valence-electron chi connectivity index (χ0n) is 21.2. The van der Waals surface area contributed by atoms with Crippen LogP contribution in [0.4, 0.5) is 5.69 Å². The summed E-state index contributed by atoms with van der Waals surface area (Å²) in [4.78, 5) is 5.15. The molecular formula is C27H37ClN2O4S. The minimum Gasteiger partial charge on any atom is -0.495 e. The quantitative estimate of drug-likeness (QED) is 0.446. The number of ether oxygens (including phenoxy) is 2. The van der Waals surface area contributed by atoms with Crippen LogP contribution in [0, 0.1) is 13.8 Å². The lowest BCUT2D eigenvalue weighted by atomic mass is 9.86. The minimum atomic E-state index is -2.96. The van der Waals surface area contributed by atoms with Crippen LogP contribution in [-0.4, -0.2) is 64.7 Å². The number of rotatable bonds is 8. The van der Waals surface area contributed by atoms with Gasteiger partial charge in [-0.3, -0.25) is 4.90 Å². The van der Waals surface area contributed by atoms with Crippen LogP contribution in [-0.2, 0) is 9.84 Å². The lowest BCUT2D eigenvalue weighted by Crippen LogP contribution is -2.56. The summed E-state index contributed by atoms with van der Waals surface area (Å²) in [7, 11) is -1.30. The number of anilines is 1. The highest BCUT2D eigenvalue weighted by Crippen LogP contribution is 2.40. The molecule has 2 fully saturated rings. The van der Waals surface area contributed by atoms with Gasteiger partial charge in [0.05, 0.1) is 24.5 Å². The Bertz CT molecular complexity index is 1150. The van der Waals surface area contributed by atoms with E-state index in [2.05, 4.69) is 41.8 Å². The molecule has 35 heavy (non-hydrogen) atoms. The molecule has 0 amide bonds. The Labute approximate surface area is 215 Å². The molecule has 0 N–H and O–H groups in total. The van der Waals surface area contributed by atoms with Crippen molar-refractivity contribution in [2.24, 2.45) is 0 Å². The molecule has 0 radical (unpaired) electrons. The van der Waals surface area contributed by atoms with Crippen molar-refractivity contribution in [1.82, 2.24) is 4.90 Å². The summed E-state index contributed by atoms with van der Waals surface area (Å²) in [5.74, 6) is 1.73. The fraction of sp³-hybridized carbons (Fsp3) is 0.556. The molecule has 2 atom stereocenters. The van der Waals surface area contributed by atoms with Gasteiger partial charge in [0.1, 0.15) is 21.3 Å². The van der Waals surface area contributed by atoms with Crippen LogP contribution in [0.5, 0.6) is 11.5 Å². The van der Waals surface area contributed by atoms with Gasteiger partial charge in [-0.2, -0.15) is 0 Å². The molecule has 0 bridgehead atoms. The Morgan fingerprint density at radius 2 is 1.86 bits per heavy atom. The second-order valence-corrected chi connectivity index (χ2v) is 12.5. The van der Waals surface area contributed by atoms with E-state index in [0.717, 1.165) is 42.4 Å². The normalized spacial score (nSPS) is 21.0. The van der Waals surface area contributed by atoms with Crippen molar-refractivity contribution in [3.05, 3.63) is 52.0 Å². The van der Waals surface area contributed by atoms with Gasteiger partial charge in [0.15, 0.2) is 0 Å². The van der Waals surface area contributed by atoms with E-state index >= 15 is 0 Å². The van der Waals surface area contributed by atoms with E-state index in [-0.39, 0.29) is 5.75 Å². The molecule has 0 saturated carbocycles. The summed E-state index contributed by atoms with van der Waals surface area (Å²) in [6.45, 7) is 7.70. The zero-order valence-corrected chi connectivity index (χ0v) is 22.8. The Balaban J connectivity index is 1.45. The number of methoxy groups -OCH3 is 1. The SMILES string of the molecule is COc1cc(N2CCN3C(CCC[C@@H]3c3ccc(OCCCS(C)(=O)=O)c(C)c3C)C2)ccc1Cl. The molecule has 0 aromatic heterocycles. The topological polar surface area (TPSA) is 59.1 Å². The molecule has 2 saturated heterocycles. The summed E-state index contributed by atoms with van der Waals surface area (Å²) in [6.07, 6.45) is 5.36. The van der Waals surface area contributed by atoms with E-state index in [1.807, 2.05) is 12.1 Å². The Kier molecular flexibility index (Phi) is 8.19. The summed E-state index contributed by atoms with van der Waals surface area (Å²) in [5.41, 5.74) is 4.98. The first-order valence-electron chi connectivity index (χ1n) is 12.4. The molecule has 2 heterocycles. The predicted molar refractivity (Wildman–Crippen MR) is 143 cm³/mol. The maximum absolute atomic E-state index is 11.4. The standard InChI is InChI=1S/C27H37ClN2O4S/c1-19-20(2)26(34-15-6-16-35(4,31)32)12-10-23(19)25-8-5-7-22-18-29(13-14-30(22)25)21-9-11-24(28)27(17-21)33-3/h9-12,17,22,25H,5-8,13-16,18H2,1-4H3/t22?,25-/m1/s1. The highest BCUT2D eigenvalue weighted by atomic mass is 35.5. The number of hydrogen-bond acceptors (Lipinski definition) is 6. The van der Waals surface area contributed by atoms with E-state index in [9.17, 15) is 8.42 Å². The molecule has 0 aliphatic carbocycles. The van der Waals surface area contributed by atoms with Crippen molar-refractivity contribution in [1.29, 1.82) is 0 Å². The van der Waals surface area contributed by atoms with Crippen LogP contribution in [0.25, 0.3) is 0 Å². The van der Waals surface area contributed by atoms with Crippen molar-refractivity contribution in [3.63, 3.8) is 0 Å². The molecule has 192 valence electrons. The largest absolute Gasteiger partial charge is 0.495 e. The fourth-order valence-corrected chi connectivity index (χ4v) is 6.34. The molecule has 0 spiro atoms. The van der Waals surface area contributed by atoms with Crippen LogP contribution < -0.4 is 14.4 Å². The van der Waals surface area contributed by atoms with Gasteiger partial charge in [-0.1, -0.05) is 17.7 Å². The van der Waals surface area contributed by atoms with E-state index in [1.165, 1.54) is 36.6 Å². The fourth-order valence-electron chi connectivity index (χ4n) is 5.50.